The van der Waals surface area contributed by atoms with E-state index in [1.54, 1.807) is 36.4 Å². The first-order valence-corrected chi connectivity index (χ1v) is 13.6. The third-order valence-corrected chi connectivity index (χ3v) is 6.61. The summed E-state index contributed by atoms with van der Waals surface area (Å²) >= 11 is 6.24. The van der Waals surface area contributed by atoms with Crippen molar-refractivity contribution in [2.75, 3.05) is 12.4 Å². The number of rotatable bonds is 11. The molecule has 0 aliphatic rings. The van der Waals surface area contributed by atoms with Gasteiger partial charge in [0.15, 0.2) is 5.78 Å². The van der Waals surface area contributed by atoms with Crippen molar-refractivity contribution >= 4 is 27.5 Å². The van der Waals surface area contributed by atoms with E-state index in [1.807, 2.05) is 59.8 Å². The summed E-state index contributed by atoms with van der Waals surface area (Å²) in [6.45, 7) is 11.6. The van der Waals surface area contributed by atoms with Crippen LogP contribution in [0.4, 0.5) is 0 Å². The summed E-state index contributed by atoms with van der Waals surface area (Å²) in [6, 6.07) is 12.4. The molecule has 0 radical (unpaired) electrons. The number of allylic oxidation sites excluding steroid dienone is 4. The van der Waals surface area contributed by atoms with E-state index in [2.05, 4.69) is 0 Å². The van der Waals surface area contributed by atoms with Crippen LogP contribution in [0.2, 0.25) is 5.02 Å². The average molecular weight is 519 g/mol. The van der Waals surface area contributed by atoms with E-state index < -0.39 is 10.1 Å². The van der Waals surface area contributed by atoms with E-state index in [0.29, 0.717) is 34.1 Å². The Balaban J connectivity index is 1.97. The Morgan fingerprint density at radius 2 is 1.69 bits per heavy atom. The second-order valence-corrected chi connectivity index (χ2v) is 11.9. The molecule has 0 spiro atoms. The lowest BCUT2D eigenvalue weighted by atomic mass is 9.99. The van der Waals surface area contributed by atoms with Crippen LogP contribution in [0, 0.1) is 5.41 Å². The smallest absolute Gasteiger partial charge is 0.267 e. The van der Waals surface area contributed by atoms with Crippen molar-refractivity contribution in [2.24, 2.45) is 5.41 Å². The Morgan fingerprint density at radius 1 is 1.03 bits per heavy atom. The monoisotopic (exact) mass is 518 g/mol. The highest BCUT2D eigenvalue weighted by atomic mass is 35.5. The van der Waals surface area contributed by atoms with Gasteiger partial charge in [-0.25, -0.2) is 0 Å². The van der Waals surface area contributed by atoms with Gasteiger partial charge in [-0.05, 0) is 80.1 Å². The number of ketones is 1. The van der Waals surface area contributed by atoms with Crippen molar-refractivity contribution in [2.45, 2.75) is 54.4 Å². The normalized spacial score (nSPS) is 13.1. The molecule has 35 heavy (non-hydrogen) atoms. The van der Waals surface area contributed by atoms with Gasteiger partial charge >= 0.3 is 0 Å². The van der Waals surface area contributed by atoms with Crippen LogP contribution < -0.4 is 4.74 Å². The fraction of sp³-hybridized carbons (Fsp3) is 0.393. The molecule has 0 saturated heterocycles. The van der Waals surface area contributed by atoms with Gasteiger partial charge in [0.05, 0.1) is 17.4 Å². The third kappa shape index (κ3) is 10.0. The molecule has 0 amide bonds. The Hall–Kier alpha value is -2.41. The fourth-order valence-corrected chi connectivity index (χ4v) is 4.40. The van der Waals surface area contributed by atoms with Crippen LogP contribution in [-0.2, 0) is 20.7 Å². The number of benzene rings is 2. The van der Waals surface area contributed by atoms with Crippen LogP contribution in [0.25, 0.3) is 0 Å². The number of ether oxygens (including phenoxy) is 1. The number of halogens is 1. The summed E-state index contributed by atoms with van der Waals surface area (Å²) in [7, 11) is -3.56. The Bertz CT molecular complexity index is 1190. The average Bonchev–Trinajstić information content (AvgIpc) is 2.80. The van der Waals surface area contributed by atoms with Gasteiger partial charge in [-0.2, -0.15) is 8.42 Å². The Kier molecular flexibility index (Phi) is 10.3. The molecule has 0 aromatic heterocycles. The fourth-order valence-electron chi connectivity index (χ4n) is 2.97. The molecule has 0 aliphatic heterocycles. The quantitative estimate of drug-likeness (QED) is 0.137. The van der Waals surface area contributed by atoms with Gasteiger partial charge in [-0.15, -0.1) is 0 Å². The molecule has 0 N–H and O–H groups in total. The molecule has 0 bridgehead atoms. The molecule has 7 heteroatoms. The summed E-state index contributed by atoms with van der Waals surface area (Å²) < 4.78 is 35.0. The molecule has 0 atom stereocenters. The summed E-state index contributed by atoms with van der Waals surface area (Å²) in [4.78, 5) is 12.9. The van der Waals surface area contributed by atoms with Crippen molar-refractivity contribution in [3.8, 4) is 5.75 Å². The van der Waals surface area contributed by atoms with Crippen molar-refractivity contribution < 1.29 is 22.1 Å². The van der Waals surface area contributed by atoms with Gasteiger partial charge < -0.3 is 4.74 Å². The summed E-state index contributed by atoms with van der Waals surface area (Å²) in [6.07, 6.45) is 4.81. The predicted molar refractivity (Wildman–Crippen MR) is 143 cm³/mol. The zero-order valence-electron chi connectivity index (χ0n) is 21.4. The lowest BCUT2D eigenvalue weighted by Crippen LogP contribution is -2.20. The first-order valence-electron chi connectivity index (χ1n) is 11.6. The zero-order chi connectivity index (χ0) is 26.2. The highest BCUT2D eigenvalue weighted by Gasteiger charge is 2.18. The molecule has 190 valence electrons. The second kappa shape index (κ2) is 12.5. The third-order valence-electron chi connectivity index (χ3n) is 5.10. The highest BCUT2D eigenvalue weighted by molar-refractivity contribution is 7.86. The molecule has 0 heterocycles. The SMILES string of the molecule is CCc1ccc(Cl)c(C(=O)c2ccc(O/C(C)=C/C=C(\C)CCS(=O)(=O)OCC(C)(C)C)cc2)c1. The maximum atomic E-state index is 12.9. The van der Waals surface area contributed by atoms with Crippen LogP contribution in [0.3, 0.4) is 0 Å². The van der Waals surface area contributed by atoms with Gasteiger partial charge in [0.1, 0.15) is 11.5 Å². The Morgan fingerprint density at radius 3 is 2.29 bits per heavy atom. The maximum absolute atomic E-state index is 12.9. The van der Waals surface area contributed by atoms with Crippen LogP contribution in [0.5, 0.6) is 5.75 Å². The maximum Gasteiger partial charge on any atom is 0.267 e. The van der Waals surface area contributed by atoms with Gasteiger partial charge in [0.2, 0.25) is 0 Å². The molecule has 2 rings (SSSR count). The summed E-state index contributed by atoms with van der Waals surface area (Å²) in [5, 5.41) is 0.432. The summed E-state index contributed by atoms with van der Waals surface area (Å²) in [5.74, 6) is 1.02. The zero-order valence-corrected chi connectivity index (χ0v) is 22.9. The van der Waals surface area contributed by atoms with E-state index in [0.717, 1.165) is 17.6 Å². The number of carbonyl (C=O) groups is 1. The largest absolute Gasteiger partial charge is 0.462 e. The summed E-state index contributed by atoms with van der Waals surface area (Å²) in [5.41, 5.74) is 2.75. The standard InChI is InChI=1S/C28H35ClO5S/c1-7-22-10-15-26(29)25(18-22)27(30)23-11-13-24(14-12-23)34-21(3)9-8-20(2)16-17-35(31,32)33-19-28(4,5)6/h8-15,18H,7,16-17,19H2,1-6H3/b20-8+,21-9+. The van der Waals surface area contributed by atoms with Crippen molar-refractivity contribution in [3.63, 3.8) is 0 Å². The number of carbonyl (C=O) groups excluding carboxylic acids is 1. The molecule has 0 aliphatic carbocycles. The minimum Gasteiger partial charge on any atom is -0.462 e. The number of hydrogen-bond donors (Lipinski definition) is 0. The molecule has 0 saturated carbocycles. The second-order valence-electron chi connectivity index (χ2n) is 9.75. The van der Waals surface area contributed by atoms with E-state index >= 15 is 0 Å². The first kappa shape index (κ1) is 28.8. The molecule has 0 unspecified atom stereocenters. The topological polar surface area (TPSA) is 69.7 Å². The Labute approximate surface area is 214 Å². The van der Waals surface area contributed by atoms with E-state index in [1.165, 1.54) is 0 Å². The molecule has 0 fully saturated rings. The predicted octanol–water partition coefficient (Wildman–Crippen LogP) is 7.14. The van der Waals surface area contributed by atoms with Crippen molar-refractivity contribution in [3.05, 3.63) is 87.7 Å². The highest BCUT2D eigenvalue weighted by Crippen LogP contribution is 2.23. The van der Waals surface area contributed by atoms with E-state index in [4.69, 9.17) is 20.5 Å². The molecular formula is C28H35ClO5S. The van der Waals surface area contributed by atoms with Crippen LogP contribution >= 0.6 is 11.6 Å². The van der Waals surface area contributed by atoms with Gasteiger partial charge in [-0.3, -0.25) is 8.98 Å². The van der Waals surface area contributed by atoms with Crippen LogP contribution in [0.1, 0.15) is 69.4 Å². The molecule has 2 aromatic rings. The van der Waals surface area contributed by atoms with E-state index in [9.17, 15) is 13.2 Å². The molecule has 5 nitrogen and oxygen atoms in total. The lowest BCUT2D eigenvalue weighted by molar-refractivity contribution is 0.103. The van der Waals surface area contributed by atoms with Crippen molar-refractivity contribution in [1.29, 1.82) is 0 Å². The lowest BCUT2D eigenvalue weighted by Gasteiger charge is -2.17. The molecule has 2 aromatic carbocycles. The van der Waals surface area contributed by atoms with E-state index in [-0.39, 0.29) is 23.6 Å². The van der Waals surface area contributed by atoms with Gasteiger partial charge in [0.25, 0.3) is 10.1 Å². The minimum absolute atomic E-state index is 0.0696. The molecular weight excluding hydrogens is 484 g/mol. The van der Waals surface area contributed by atoms with Gasteiger partial charge in [-0.1, -0.05) is 57.0 Å². The number of aryl methyl sites for hydroxylation is 1. The van der Waals surface area contributed by atoms with Crippen LogP contribution in [-0.4, -0.2) is 26.6 Å². The van der Waals surface area contributed by atoms with Crippen LogP contribution in [0.15, 0.2) is 65.9 Å². The minimum atomic E-state index is -3.56. The van der Waals surface area contributed by atoms with Crippen molar-refractivity contribution in [1.82, 2.24) is 0 Å². The van der Waals surface area contributed by atoms with Gasteiger partial charge in [0, 0.05) is 11.1 Å². The first-order chi connectivity index (χ1) is 16.3. The number of hydrogen-bond acceptors (Lipinski definition) is 5.